The SMILES string of the molecule is CCCC(=O)Nc1ccc(SC(C)C(=O)Nc2nc(-c3ccc(Cl)c(Cl)c3)cs2)cc1. The molecule has 0 saturated carbocycles. The number of carbonyl (C=O) groups excluding carboxylic acids is 2. The number of rotatable bonds is 8. The number of halogens is 2. The first-order valence-corrected chi connectivity index (χ1v) is 12.2. The highest BCUT2D eigenvalue weighted by Crippen LogP contribution is 2.31. The molecule has 0 aliphatic carbocycles. The fourth-order valence-electron chi connectivity index (χ4n) is 2.65. The van der Waals surface area contributed by atoms with Gasteiger partial charge in [-0.1, -0.05) is 36.2 Å². The fourth-order valence-corrected chi connectivity index (χ4v) is 4.54. The number of thiazole rings is 1. The van der Waals surface area contributed by atoms with Crippen LogP contribution in [0.4, 0.5) is 10.8 Å². The third-order valence-corrected chi connectivity index (χ3v) is 6.86. The molecule has 2 N–H and O–H groups in total. The van der Waals surface area contributed by atoms with Gasteiger partial charge < -0.3 is 10.6 Å². The van der Waals surface area contributed by atoms with E-state index in [-0.39, 0.29) is 17.1 Å². The number of carbonyl (C=O) groups is 2. The summed E-state index contributed by atoms with van der Waals surface area (Å²) < 4.78 is 0. The maximum Gasteiger partial charge on any atom is 0.239 e. The zero-order chi connectivity index (χ0) is 22.4. The highest BCUT2D eigenvalue weighted by atomic mass is 35.5. The number of thioether (sulfide) groups is 1. The number of aromatic nitrogens is 1. The summed E-state index contributed by atoms with van der Waals surface area (Å²) in [6, 6.07) is 12.8. The van der Waals surface area contributed by atoms with E-state index >= 15 is 0 Å². The summed E-state index contributed by atoms with van der Waals surface area (Å²) in [6.45, 7) is 3.80. The molecular weight excluding hydrogens is 473 g/mol. The van der Waals surface area contributed by atoms with E-state index in [1.54, 1.807) is 12.1 Å². The van der Waals surface area contributed by atoms with Crippen LogP contribution in [-0.4, -0.2) is 22.0 Å². The Hall–Kier alpha value is -2.06. The summed E-state index contributed by atoms with van der Waals surface area (Å²) in [7, 11) is 0. The lowest BCUT2D eigenvalue weighted by Crippen LogP contribution is -2.22. The first-order valence-electron chi connectivity index (χ1n) is 9.64. The van der Waals surface area contributed by atoms with E-state index in [2.05, 4.69) is 15.6 Å². The number of hydrogen-bond donors (Lipinski definition) is 2. The smallest absolute Gasteiger partial charge is 0.239 e. The second kappa shape index (κ2) is 11.0. The number of benzene rings is 2. The Labute approximate surface area is 199 Å². The topological polar surface area (TPSA) is 71.1 Å². The molecule has 0 aliphatic heterocycles. The highest BCUT2D eigenvalue weighted by molar-refractivity contribution is 8.00. The molecule has 0 fully saturated rings. The highest BCUT2D eigenvalue weighted by Gasteiger charge is 2.17. The second-order valence-corrected chi connectivity index (χ2v) is 9.83. The van der Waals surface area contributed by atoms with Crippen LogP contribution in [0.5, 0.6) is 0 Å². The summed E-state index contributed by atoms with van der Waals surface area (Å²) in [5.74, 6) is -0.139. The average molecular weight is 494 g/mol. The van der Waals surface area contributed by atoms with Crippen LogP contribution >= 0.6 is 46.3 Å². The van der Waals surface area contributed by atoms with Crippen molar-refractivity contribution in [3.05, 3.63) is 57.9 Å². The molecule has 1 aromatic heterocycles. The van der Waals surface area contributed by atoms with Crippen LogP contribution in [0.15, 0.2) is 52.7 Å². The van der Waals surface area contributed by atoms with E-state index < -0.39 is 0 Å². The van der Waals surface area contributed by atoms with Gasteiger partial charge in [0.1, 0.15) is 0 Å². The van der Waals surface area contributed by atoms with Crippen molar-refractivity contribution in [2.24, 2.45) is 0 Å². The van der Waals surface area contributed by atoms with Crippen molar-refractivity contribution in [3.8, 4) is 11.3 Å². The van der Waals surface area contributed by atoms with Gasteiger partial charge in [-0.2, -0.15) is 0 Å². The molecule has 0 bridgehead atoms. The number of nitrogens with one attached hydrogen (secondary N) is 2. The van der Waals surface area contributed by atoms with Crippen molar-refractivity contribution in [2.45, 2.75) is 36.8 Å². The molecular formula is C22H21Cl2N3O2S2. The molecule has 2 aromatic carbocycles. The molecule has 1 heterocycles. The van der Waals surface area contributed by atoms with Gasteiger partial charge in [0.25, 0.3) is 0 Å². The predicted molar refractivity (Wildman–Crippen MR) is 131 cm³/mol. The van der Waals surface area contributed by atoms with E-state index in [4.69, 9.17) is 23.2 Å². The molecule has 9 heteroatoms. The third-order valence-electron chi connectivity index (χ3n) is 4.25. The van der Waals surface area contributed by atoms with Crippen molar-refractivity contribution in [3.63, 3.8) is 0 Å². The van der Waals surface area contributed by atoms with Gasteiger partial charge in [0.05, 0.1) is 21.0 Å². The molecule has 0 saturated heterocycles. The molecule has 0 radical (unpaired) electrons. The van der Waals surface area contributed by atoms with Crippen LogP contribution in [0.25, 0.3) is 11.3 Å². The molecule has 31 heavy (non-hydrogen) atoms. The van der Waals surface area contributed by atoms with Crippen LogP contribution in [0.3, 0.4) is 0 Å². The normalized spacial score (nSPS) is 11.7. The summed E-state index contributed by atoms with van der Waals surface area (Å²) in [5.41, 5.74) is 2.30. The van der Waals surface area contributed by atoms with Crippen molar-refractivity contribution in [1.82, 2.24) is 4.98 Å². The van der Waals surface area contributed by atoms with Crippen LogP contribution in [-0.2, 0) is 9.59 Å². The summed E-state index contributed by atoms with van der Waals surface area (Å²) >= 11 is 14.8. The summed E-state index contributed by atoms with van der Waals surface area (Å²) in [4.78, 5) is 29.7. The summed E-state index contributed by atoms with van der Waals surface area (Å²) in [5, 5.41) is 8.71. The van der Waals surface area contributed by atoms with Gasteiger partial charge in [0.2, 0.25) is 11.8 Å². The molecule has 0 aliphatic rings. The maximum atomic E-state index is 12.6. The maximum absolute atomic E-state index is 12.6. The van der Waals surface area contributed by atoms with Gasteiger partial charge >= 0.3 is 0 Å². The minimum absolute atomic E-state index is 0.000613. The average Bonchev–Trinajstić information content (AvgIpc) is 3.20. The van der Waals surface area contributed by atoms with E-state index in [0.29, 0.717) is 21.6 Å². The van der Waals surface area contributed by atoms with Gasteiger partial charge in [-0.15, -0.1) is 23.1 Å². The van der Waals surface area contributed by atoms with Crippen LogP contribution < -0.4 is 10.6 Å². The van der Waals surface area contributed by atoms with Crippen molar-refractivity contribution >= 4 is 68.9 Å². The van der Waals surface area contributed by atoms with E-state index in [1.807, 2.05) is 49.6 Å². The van der Waals surface area contributed by atoms with Crippen molar-refractivity contribution in [1.29, 1.82) is 0 Å². The van der Waals surface area contributed by atoms with Crippen LogP contribution in [0.2, 0.25) is 10.0 Å². The Kier molecular flexibility index (Phi) is 8.37. The first-order chi connectivity index (χ1) is 14.9. The van der Waals surface area contributed by atoms with E-state index in [9.17, 15) is 9.59 Å². The molecule has 3 aromatic rings. The molecule has 5 nitrogen and oxygen atoms in total. The molecule has 0 spiro atoms. The number of amides is 2. The monoisotopic (exact) mass is 493 g/mol. The molecule has 1 atom stereocenters. The van der Waals surface area contributed by atoms with Crippen LogP contribution in [0, 0.1) is 0 Å². The Morgan fingerprint density at radius 2 is 1.84 bits per heavy atom. The Balaban J connectivity index is 1.56. The summed E-state index contributed by atoms with van der Waals surface area (Å²) in [6.07, 6.45) is 1.30. The minimum atomic E-state index is -0.321. The Bertz CT molecular complexity index is 1070. The number of anilines is 2. The largest absolute Gasteiger partial charge is 0.326 e. The fraction of sp³-hybridized carbons (Fsp3) is 0.227. The van der Waals surface area contributed by atoms with Gasteiger partial charge in [0, 0.05) is 27.9 Å². The standard InChI is InChI=1S/C22H21Cl2N3O2S2/c1-3-4-20(28)25-15-6-8-16(9-7-15)31-13(2)21(29)27-22-26-19(12-30-22)14-5-10-17(23)18(24)11-14/h5-13H,3-4H2,1-2H3,(H,25,28)(H,26,27,29). The zero-order valence-corrected chi connectivity index (χ0v) is 20.1. The Morgan fingerprint density at radius 3 is 2.52 bits per heavy atom. The van der Waals surface area contributed by atoms with Crippen molar-refractivity contribution < 1.29 is 9.59 Å². The van der Waals surface area contributed by atoms with Crippen LogP contribution in [0.1, 0.15) is 26.7 Å². The van der Waals surface area contributed by atoms with E-state index in [1.165, 1.54) is 23.1 Å². The van der Waals surface area contributed by atoms with E-state index in [0.717, 1.165) is 28.3 Å². The molecule has 1 unspecified atom stereocenters. The molecule has 162 valence electrons. The number of hydrogen-bond acceptors (Lipinski definition) is 5. The lowest BCUT2D eigenvalue weighted by atomic mass is 10.2. The predicted octanol–water partition coefficient (Wildman–Crippen LogP) is 6.97. The molecule has 3 rings (SSSR count). The van der Waals surface area contributed by atoms with Crippen molar-refractivity contribution in [2.75, 3.05) is 10.6 Å². The van der Waals surface area contributed by atoms with Gasteiger partial charge in [-0.3, -0.25) is 9.59 Å². The number of nitrogens with zero attached hydrogens (tertiary/aromatic N) is 1. The Morgan fingerprint density at radius 1 is 1.10 bits per heavy atom. The lowest BCUT2D eigenvalue weighted by Gasteiger charge is -2.11. The quantitative estimate of drug-likeness (QED) is 0.332. The van der Waals surface area contributed by atoms with Gasteiger partial charge in [0.15, 0.2) is 5.13 Å². The first kappa shape index (κ1) is 23.6. The molecule has 2 amide bonds. The lowest BCUT2D eigenvalue weighted by molar-refractivity contribution is -0.116. The third kappa shape index (κ3) is 6.71. The second-order valence-electron chi connectivity index (χ2n) is 6.74. The van der Waals surface area contributed by atoms with Gasteiger partial charge in [-0.05, 0) is 49.7 Å². The zero-order valence-electron chi connectivity index (χ0n) is 16.9. The minimum Gasteiger partial charge on any atom is -0.326 e. The van der Waals surface area contributed by atoms with Gasteiger partial charge in [-0.25, -0.2) is 4.98 Å².